The first-order valence-electron chi connectivity index (χ1n) is 10.3. The first-order valence-corrected chi connectivity index (χ1v) is 11.7. The van der Waals surface area contributed by atoms with Gasteiger partial charge in [-0.3, -0.25) is 4.90 Å². The summed E-state index contributed by atoms with van der Waals surface area (Å²) in [6.07, 6.45) is 2.18. The Bertz CT molecular complexity index is 808. The highest BCUT2D eigenvalue weighted by Gasteiger charge is 2.36. The summed E-state index contributed by atoms with van der Waals surface area (Å²) < 4.78 is 38.9. The number of hydrogen-bond donors (Lipinski definition) is 0. The lowest BCUT2D eigenvalue weighted by atomic mass is 10.1. The zero-order valence-electron chi connectivity index (χ0n) is 17.8. The van der Waals surface area contributed by atoms with Crippen molar-refractivity contribution in [2.75, 3.05) is 19.6 Å². The number of sulfonamides is 1. The number of nitrogens with zero attached hydrogens (tertiary/aromatic N) is 2. The van der Waals surface area contributed by atoms with Gasteiger partial charge in [0, 0.05) is 19.6 Å². The van der Waals surface area contributed by atoms with Crippen LogP contribution < -0.4 is 0 Å². The minimum absolute atomic E-state index is 0.0625. The number of aryl methyl sites for hydroxylation is 1. The SMILES string of the molecule is Cc1ccc(S(=O)(=O)N2CCC(O[C@H]3CCCN3C(=O)OC(C)(C)C)CC2)cc1. The van der Waals surface area contributed by atoms with Crippen LogP contribution >= 0.6 is 0 Å². The van der Waals surface area contributed by atoms with Gasteiger partial charge in [-0.25, -0.2) is 13.2 Å². The molecule has 0 aromatic heterocycles. The number of hydrogen-bond acceptors (Lipinski definition) is 5. The molecule has 0 bridgehead atoms. The lowest BCUT2D eigenvalue weighted by molar-refractivity contribution is -0.0938. The Morgan fingerprint density at radius 2 is 1.66 bits per heavy atom. The van der Waals surface area contributed by atoms with E-state index in [2.05, 4.69) is 0 Å². The first-order chi connectivity index (χ1) is 13.6. The van der Waals surface area contributed by atoms with Crippen LogP contribution in [-0.2, 0) is 19.5 Å². The number of benzene rings is 1. The van der Waals surface area contributed by atoms with Gasteiger partial charge in [0.05, 0.1) is 11.0 Å². The molecular weight excluding hydrogens is 392 g/mol. The van der Waals surface area contributed by atoms with Crippen LogP contribution in [0.25, 0.3) is 0 Å². The van der Waals surface area contributed by atoms with Gasteiger partial charge in [0.2, 0.25) is 10.0 Å². The summed E-state index contributed by atoms with van der Waals surface area (Å²) in [7, 11) is -3.48. The molecule has 1 atom stereocenters. The minimum Gasteiger partial charge on any atom is -0.444 e. The molecule has 162 valence electrons. The highest BCUT2D eigenvalue weighted by Crippen LogP contribution is 2.27. The molecule has 2 heterocycles. The molecule has 7 nitrogen and oxygen atoms in total. The van der Waals surface area contributed by atoms with Gasteiger partial charge < -0.3 is 9.47 Å². The molecule has 0 spiro atoms. The van der Waals surface area contributed by atoms with Crippen molar-refractivity contribution in [2.24, 2.45) is 0 Å². The largest absolute Gasteiger partial charge is 0.444 e. The number of rotatable bonds is 4. The summed E-state index contributed by atoms with van der Waals surface area (Å²) in [5.41, 5.74) is 0.488. The maximum atomic E-state index is 12.8. The molecule has 1 aromatic carbocycles. The zero-order chi connectivity index (χ0) is 21.2. The fourth-order valence-electron chi connectivity index (χ4n) is 3.70. The van der Waals surface area contributed by atoms with Crippen molar-refractivity contribution >= 4 is 16.1 Å². The molecule has 29 heavy (non-hydrogen) atoms. The molecule has 1 amide bonds. The van der Waals surface area contributed by atoms with Crippen molar-refractivity contribution in [2.45, 2.75) is 76.2 Å². The second-order valence-electron chi connectivity index (χ2n) is 8.82. The monoisotopic (exact) mass is 424 g/mol. The van der Waals surface area contributed by atoms with Crippen LogP contribution in [-0.4, -0.2) is 61.3 Å². The summed E-state index contributed by atoms with van der Waals surface area (Å²) in [4.78, 5) is 14.4. The number of carbonyl (C=O) groups is 1. The molecule has 0 radical (unpaired) electrons. The number of ether oxygens (including phenoxy) is 2. The number of likely N-dealkylation sites (tertiary alicyclic amines) is 1. The highest BCUT2D eigenvalue weighted by molar-refractivity contribution is 7.89. The molecule has 0 aliphatic carbocycles. The van der Waals surface area contributed by atoms with Crippen molar-refractivity contribution in [1.29, 1.82) is 0 Å². The van der Waals surface area contributed by atoms with E-state index in [9.17, 15) is 13.2 Å². The van der Waals surface area contributed by atoms with Crippen molar-refractivity contribution in [3.63, 3.8) is 0 Å². The number of carbonyl (C=O) groups excluding carboxylic acids is 1. The van der Waals surface area contributed by atoms with Crippen LogP contribution in [0.2, 0.25) is 0 Å². The van der Waals surface area contributed by atoms with E-state index in [1.54, 1.807) is 17.0 Å². The molecule has 3 rings (SSSR count). The average Bonchev–Trinajstić information content (AvgIpc) is 3.09. The molecule has 0 unspecified atom stereocenters. The predicted octanol–water partition coefficient (Wildman–Crippen LogP) is 3.52. The van der Waals surface area contributed by atoms with Gasteiger partial charge in [-0.05, 0) is 65.5 Å². The standard InChI is InChI=1S/C21H32N2O5S/c1-16-7-9-18(10-8-16)29(25,26)22-14-11-17(12-15-22)27-19-6-5-13-23(19)20(24)28-21(2,3)4/h7-10,17,19H,5-6,11-15H2,1-4H3/t19-/m0/s1. The fraction of sp³-hybridized carbons (Fsp3) is 0.667. The Labute approximate surface area is 174 Å². The quantitative estimate of drug-likeness (QED) is 0.739. The molecule has 0 saturated carbocycles. The van der Waals surface area contributed by atoms with Gasteiger partial charge in [0.25, 0.3) is 0 Å². The number of amides is 1. The maximum absolute atomic E-state index is 12.8. The Morgan fingerprint density at radius 1 is 1.03 bits per heavy atom. The second-order valence-corrected chi connectivity index (χ2v) is 10.8. The van der Waals surface area contributed by atoms with Gasteiger partial charge in [0.1, 0.15) is 11.8 Å². The average molecular weight is 425 g/mol. The van der Waals surface area contributed by atoms with E-state index in [0.29, 0.717) is 37.4 Å². The topological polar surface area (TPSA) is 76.2 Å². The lowest BCUT2D eigenvalue weighted by Gasteiger charge is -2.35. The van der Waals surface area contributed by atoms with E-state index in [0.717, 1.165) is 18.4 Å². The molecule has 8 heteroatoms. The van der Waals surface area contributed by atoms with E-state index in [4.69, 9.17) is 9.47 Å². The Kier molecular flexibility index (Phi) is 6.55. The van der Waals surface area contributed by atoms with Crippen LogP contribution in [0, 0.1) is 6.92 Å². The predicted molar refractivity (Wildman–Crippen MR) is 110 cm³/mol. The van der Waals surface area contributed by atoms with Crippen molar-refractivity contribution < 1.29 is 22.7 Å². The molecule has 2 saturated heterocycles. The minimum atomic E-state index is -3.48. The summed E-state index contributed by atoms with van der Waals surface area (Å²) in [5, 5.41) is 0. The third kappa shape index (κ3) is 5.49. The van der Waals surface area contributed by atoms with Crippen LogP contribution in [0.3, 0.4) is 0 Å². The summed E-state index contributed by atoms with van der Waals surface area (Å²) >= 11 is 0. The van der Waals surface area contributed by atoms with Crippen LogP contribution in [0.15, 0.2) is 29.2 Å². The molecule has 2 fully saturated rings. The van der Waals surface area contributed by atoms with Gasteiger partial charge in [-0.2, -0.15) is 4.31 Å². The van der Waals surface area contributed by atoms with E-state index in [1.807, 2.05) is 39.8 Å². The molecular formula is C21H32N2O5S. The van der Waals surface area contributed by atoms with Crippen LogP contribution in [0.4, 0.5) is 4.79 Å². The van der Waals surface area contributed by atoms with E-state index in [-0.39, 0.29) is 18.4 Å². The van der Waals surface area contributed by atoms with Crippen LogP contribution in [0.1, 0.15) is 52.0 Å². The third-order valence-electron chi connectivity index (χ3n) is 5.23. The Hall–Kier alpha value is -1.64. The Morgan fingerprint density at radius 3 is 2.24 bits per heavy atom. The first kappa shape index (κ1) is 22.1. The van der Waals surface area contributed by atoms with Crippen molar-refractivity contribution in [3.8, 4) is 0 Å². The molecule has 2 aliphatic heterocycles. The van der Waals surface area contributed by atoms with E-state index >= 15 is 0 Å². The van der Waals surface area contributed by atoms with Crippen molar-refractivity contribution in [3.05, 3.63) is 29.8 Å². The van der Waals surface area contributed by atoms with Gasteiger partial charge in [-0.15, -0.1) is 0 Å². The van der Waals surface area contributed by atoms with E-state index in [1.165, 1.54) is 4.31 Å². The van der Waals surface area contributed by atoms with Crippen LogP contribution in [0.5, 0.6) is 0 Å². The lowest BCUT2D eigenvalue weighted by Crippen LogP contribution is -2.45. The zero-order valence-corrected chi connectivity index (χ0v) is 18.6. The molecule has 0 N–H and O–H groups in total. The maximum Gasteiger partial charge on any atom is 0.412 e. The van der Waals surface area contributed by atoms with Gasteiger partial charge in [-0.1, -0.05) is 17.7 Å². The second kappa shape index (κ2) is 8.62. The van der Waals surface area contributed by atoms with E-state index < -0.39 is 15.6 Å². The molecule has 2 aliphatic rings. The van der Waals surface area contributed by atoms with Crippen molar-refractivity contribution in [1.82, 2.24) is 9.21 Å². The molecule has 1 aromatic rings. The summed E-state index contributed by atoms with van der Waals surface area (Å²) in [6.45, 7) is 8.94. The fourth-order valence-corrected chi connectivity index (χ4v) is 5.17. The number of piperidine rings is 1. The third-order valence-corrected chi connectivity index (χ3v) is 7.15. The van der Waals surface area contributed by atoms with Gasteiger partial charge in [0.15, 0.2) is 0 Å². The summed E-state index contributed by atoms with van der Waals surface area (Å²) in [5.74, 6) is 0. The smallest absolute Gasteiger partial charge is 0.412 e. The Balaban J connectivity index is 1.55. The summed E-state index contributed by atoms with van der Waals surface area (Å²) in [6, 6.07) is 6.94. The normalized spacial score (nSPS) is 22.1. The van der Waals surface area contributed by atoms with Gasteiger partial charge >= 0.3 is 6.09 Å². The highest BCUT2D eigenvalue weighted by atomic mass is 32.2.